The molecule has 2 aromatic rings. The van der Waals surface area contributed by atoms with Crippen molar-refractivity contribution in [3.05, 3.63) is 53.5 Å². The Morgan fingerprint density at radius 1 is 1.26 bits per heavy atom. The van der Waals surface area contributed by atoms with E-state index in [0.717, 1.165) is 30.9 Å². The quantitative estimate of drug-likeness (QED) is 0.826. The molecule has 1 saturated heterocycles. The molecule has 2 heterocycles. The summed E-state index contributed by atoms with van der Waals surface area (Å²) < 4.78 is 5.08. The number of carbonyl (C=O) groups is 2. The number of hydrogen-bond donors (Lipinski definition) is 1. The lowest BCUT2D eigenvalue weighted by atomic mass is 10.1. The van der Waals surface area contributed by atoms with Gasteiger partial charge in [-0.25, -0.2) is 0 Å². The van der Waals surface area contributed by atoms with Crippen LogP contribution >= 0.6 is 11.8 Å². The Morgan fingerprint density at radius 3 is 2.70 bits per heavy atom. The normalized spacial score (nSPS) is 14.7. The average molecular weight is 388 g/mol. The Labute approximate surface area is 163 Å². The Hall–Kier alpha value is -2.25. The fourth-order valence-electron chi connectivity index (χ4n) is 3.05. The van der Waals surface area contributed by atoms with Crippen LogP contribution in [0.2, 0.25) is 0 Å². The van der Waals surface area contributed by atoms with Crippen molar-refractivity contribution in [1.82, 2.24) is 9.80 Å². The number of hydrogen-bond acceptors (Lipinski definition) is 5. The van der Waals surface area contributed by atoms with Crippen molar-refractivity contribution in [3.8, 4) is 0 Å². The summed E-state index contributed by atoms with van der Waals surface area (Å²) in [6.45, 7) is 5.14. The number of amides is 2. The lowest BCUT2D eigenvalue weighted by molar-refractivity contribution is -0.116. The van der Waals surface area contributed by atoms with Crippen LogP contribution in [0.25, 0.3) is 0 Å². The van der Waals surface area contributed by atoms with Crippen molar-refractivity contribution in [2.24, 2.45) is 0 Å². The van der Waals surface area contributed by atoms with Gasteiger partial charge in [-0.05, 0) is 36.2 Å². The highest BCUT2D eigenvalue weighted by molar-refractivity contribution is 7.99. The molecular formula is C20H25N3O3S. The summed E-state index contributed by atoms with van der Waals surface area (Å²) in [6, 6.07) is 9.35. The van der Waals surface area contributed by atoms with Crippen molar-refractivity contribution in [3.63, 3.8) is 0 Å². The summed E-state index contributed by atoms with van der Waals surface area (Å²) in [5.41, 5.74) is 3.05. The predicted molar refractivity (Wildman–Crippen MR) is 108 cm³/mol. The molecule has 0 bridgehead atoms. The van der Waals surface area contributed by atoms with E-state index in [9.17, 15) is 9.59 Å². The fourth-order valence-corrected chi connectivity index (χ4v) is 4.03. The summed E-state index contributed by atoms with van der Waals surface area (Å²) in [5.74, 6) is 2.06. The minimum Gasteiger partial charge on any atom is -0.459 e. The molecule has 0 unspecified atom stereocenters. The van der Waals surface area contributed by atoms with Gasteiger partial charge < -0.3 is 14.6 Å². The maximum atomic E-state index is 12.3. The number of thioether (sulfide) groups is 1. The van der Waals surface area contributed by atoms with Gasteiger partial charge in [0.1, 0.15) is 0 Å². The van der Waals surface area contributed by atoms with Gasteiger partial charge in [0.25, 0.3) is 5.91 Å². The van der Waals surface area contributed by atoms with Crippen molar-refractivity contribution in [2.45, 2.75) is 13.5 Å². The van der Waals surface area contributed by atoms with Crippen LogP contribution in [0.1, 0.15) is 21.7 Å². The van der Waals surface area contributed by atoms with Gasteiger partial charge >= 0.3 is 0 Å². The molecule has 1 aliphatic rings. The predicted octanol–water partition coefficient (Wildman–Crippen LogP) is 2.85. The first kappa shape index (κ1) is 19.5. The first-order valence-corrected chi connectivity index (χ1v) is 10.2. The van der Waals surface area contributed by atoms with Crippen LogP contribution in [0.3, 0.4) is 0 Å². The van der Waals surface area contributed by atoms with Gasteiger partial charge in [-0.2, -0.15) is 11.8 Å². The molecule has 0 saturated carbocycles. The second-order valence-electron chi connectivity index (χ2n) is 6.72. The van der Waals surface area contributed by atoms with Gasteiger partial charge in [-0.3, -0.25) is 14.5 Å². The van der Waals surface area contributed by atoms with Crippen LogP contribution in [0.5, 0.6) is 0 Å². The second-order valence-corrected chi connectivity index (χ2v) is 7.95. The van der Waals surface area contributed by atoms with Crippen LogP contribution in [0, 0.1) is 6.92 Å². The molecule has 0 spiro atoms. The van der Waals surface area contributed by atoms with Gasteiger partial charge in [0.05, 0.1) is 12.8 Å². The molecule has 0 aliphatic carbocycles. The minimum atomic E-state index is -0.318. The average Bonchev–Trinajstić information content (AvgIpc) is 3.19. The number of anilines is 1. The summed E-state index contributed by atoms with van der Waals surface area (Å²) >= 11 is 2.00. The largest absolute Gasteiger partial charge is 0.459 e. The van der Waals surface area contributed by atoms with Crippen LogP contribution in [-0.4, -0.2) is 59.8 Å². The molecule has 1 aromatic carbocycles. The molecule has 1 N–H and O–H groups in total. The van der Waals surface area contributed by atoms with Gasteiger partial charge in [0, 0.05) is 43.9 Å². The highest BCUT2D eigenvalue weighted by Crippen LogP contribution is 2.19. The number of benzene rings is 1. The van der Waals surface area contributed by atoms with Crippen molar-refractivity contribution in [1.29, 1.82) is 0 Å². The van der Waals surface area contributed by atoms with Crippen molar-refractivity contribution < 1.29 is 14.0 Å². The van der Waals surface area contributed by atoms with Crippen molar-refractivity contribution >= 4 is 29.3 Å². The molecule has 0 radical (unpaired) electrons. The maximum Gasteiger partial charge on any atom is 0.289 e. The SMILES string of the molecule is Cc1cc(CN2CCSCC2)ccc1NC(=O)CN(C)C(=O)c1ccco1. The van der Waals surface area contributed by atoms with E-state index < -0.39 is 0 Å². The maximum absolute atomic E-state index is 12.3. The third-order valence-corrected chi connectivity index (χ3v) is 5.48. The summed E-state index contributed by atoms with van der Waals surface area (Å²) in [4.78, 5) is 28.2. The van der Waals surface area contributed by atoms with E-state index in [2.05, 4.69) is 22.3 Å². The number of nitrogens with one attached hydrogen (secondary N) is 1. The molecule has 1 aliphatic heterocycles. The van der Waals surface area contributed by atoms with Crippen LogP contribution in [0.15, 0.2) is 41.0 Å². The molecule has 2 amide bonds. The number of nitrogens with zero attached hydrogens (tertiary/aromatic N) is 2. The van der Waals surface area contributed by atoms with Gasteiger partial charge in [0.2, 0.25) is 5.91 Å². The molecule has 1 fully saturated rings. The Morgan fingerprint density at radius 2 is 2.04 bits per heavy atom. The van der Waals surface area contributed by atoms with E-state index in [1.54, 1.807) is 19.2 Å². The Balaban J connectivity index is 1.55. The molecule has 27 heavy (non-hydrogen) atoms. The van der Waals surface area contributed by atoms with Crippen LogP contribution < -0.4 is 5.32 Å². The molecular weight excluding hydrogens is 362 g/mol. The summed E-state index contributed by atoms with van der Waals surface area (Å²) in [6.07, 6.45) is 1.44. The third kappa shape index (κ3) is 5.37. The highest BCUT2D eigenvalue weighted by atomic mass is 32.2. The lowest BCUT2D eigenvalue weighted by Gasteiger charge is -2.26. The smallest absolute Gasteiger partial charge is 0.289 e. The number of furan rings is 1. The topological polar surface area (TPSA) is 65.8 Å². The molecule has 7 heteroatoms. The first-order chi connectivity index (χ1) is 13.0. The number of carbonyl (C=O) groups excluding carboxylic acids is 2. The zero-order valence-electron chi connectivity index (χ0n) is 15.7. The highest BCUT2D eigenvalue weighted by Gasteiger charge is 2.18. The van der Waals surface area contributed by atoms with Gasteiger partial charge in [0.15, 0.2) is 5.76 Å². The van der Waals surface area contributed by atoms with E-state index in [4.69, 9.17) is 4.42 Å². The van der Waals surface area contributed by atoms with E-state index in [1.807, 2.05) is 24.8 Å². The standard InChI is InChI=1S/C20H25N3O3S/c1-15-12-16(13-23-7-10-27-11-8-23)5-6-17(15)21-19(24)14-22(2)20(25)18-4-3-9-26-18/h3-6,9,12H,7-8,10-11,13-14H2,1-2H3,(H,21,24). The Kier molecular flexibility index (Phi) is 6.58. The monoisotopic (exact) mass is 387 g/mol. The molecule has 144 valence electrons. The Bertz CT molecular complexity index is 786. The molecule has 1 aromatic heterocycles. The summed E-state index contributed by atoms with van der Waals surface area (Å²) in [7, 11) is 1.58. The zero-order valence-corrected chi connectivity index (χ0v) is 16.6. The molecule has 6 nitrogen and oxygen atoms in total. The number of aryl methyl sites for hydroxylation is 1. The summed E-state index contributed by atoms with van der Waals surface area (Å²) in [5, 5.41) is 2.89. The number of rotatable bonds is 6. The van der Waals surface area contributed by atoms with Crippen LogP contribution in [0.4, 0.5) is 5.69 Å². The molecule has 0 atom stereocenters. The lowest BCUT2D eigenvalue weighted by Crippen LogP contribution is -2.34. The van der Waals surface area contributed by atoms with E-state index >= 15 is 0 Å². The van der Waals surface area contributed by atoms with Gasteiger partial charge in [-0.15, -0.1) is 0 Å². The van der Waals surface area contributed by atoms with E-state index in [1.165, 1.54) is 28.2 Å². The van der Waals surface area contributed by atoms with Crippen molar-refractivity contribution in [2.75, 3.05) is 43.5 Å². The molecule has 3 rings (SSSR count). The van der Waals surface area contributed by atoms with E-state index in [-0.39, 0.29) is 24.1 Å². The second kappa shape index (κ2) is 9.10. The van der Waals surface area contributed by atoms with E-state index in [0.29, 0.717) is 0 Å². The fraction of sp³-hybridized carbons (Fsp3) is 0.400. The number of likely N-dealkylation sites (N-methyl/N-ethyl adjacent to an activating group) is 1. The minimum absolute atomic E-state index is 0.0355. The van der Waals surface area contributed by atoms with Crippen LogP contribution in [-0.2, 0) is 11.3 Å². The zero-order chi connectivity index (χ0) is 19.2. The first-order valence-electron chi connectivity index (χ1n) is 9.01. The van der Waals surface area contributed by atoms with Gasteiger partial charge in [-0.1, -0.05) is 12.1 Å². The third-order valence-electron chi connectivity index (χ3n) is 4.53.